The Hall–Kier alpha value is -1.73. The molecule has 0 saturated carbocycles. The topological polar surface area (TPSA) is 60.5 Å². The lowest BCUT2D eigenvalue weighted by molar-refractivity contribution is -0.118. The van der Waals surface area contributed by atoms with E-state index in [1.807, 2.05) is 44.4 Å². The van der Waals surface area contributed by atoms with E-state index in [1.54, 1.807) is 11.3 Å². The summed E-state index contributed by atoms with van der Waals surface area (Å²) in [5, 5.41) is 4.93. The zero-order chi connectivity index (χ0) is 18.1. The van der Waals surface area contributed by atoms with Crippen LogP contribution in [-0.2, 0) is 11.2 Å². The molecule has 7 heteroatoms. The highest BCUT2D eigenvalue weighted by molar-refractivity contribution is 8.01. The number of hydrogen-bond donors (Lipinski definition) is 1. The Labute approximate surface area is 157 Å². The summed E-state index contributed by atoms with van der Waals surface area (Å²) in [4.78, 5) is 16.3. The van der Waals surface area contributed by atoms with Gasteiger partial charge in [0.05, 0.1) is 19.0 Å². The number of benzene rings is 1. The van der Waals surface area contributed by atoms with Gasteiger partial charge in [0.25, 0.3) is 0 Å². The van der Waals surface area contributed by atoms with Crippen LogP contribution < -0.4 is 14.8 Å². The van der Waals surface area contributed by atoms with Gasteiger partial charge in [-0.25, -0.2) is 4.98 Å². The first-order chi connectivity index (χ1) is 12.1. The van der Waals surface area contributed by atoms with E-state index in [-0.39, 0.29) is 5.91 Å². The molecule has 1 aromatic heterocycles. The summed E-state index contributed by atoms with van der Waals surface area (Å²) in [6.45, 7) is 7.64. The second-order valence-electron chi connectivity index (χ2n) is 5.29. The number of thiazole rings is 1. The molecular formula is C18H24N2O3S2. The van der Waals surface area contributed by atoms with Crippen molar-refractivity contribution in [2.75, 3.05) is 25.5 Å². The summed E-state index contributed by atoms with van der Waals surface area (Å²) in [7, 11) is 0. The molecule has 0 aliphatic rings. The SMILES string of the molecule is CCOc1ccc(CCNC(=O)CSc2nc(C)cs2)cc1OCC. The molecule has 0 radical (unpaired) electrons. The van der Waals surface area contributed by atoms with Gasteiger partial charge in [-0.3, -0.25) is 4.79 Å². The molecule has 0 spiro atoms. The zero-order valence-electron chi connectivity index (χ0n) is 14.8. The molecule has 5 nitrogen and oxygen atoms in total. The van der Waals surface area contributed by atoms with Crippen molar-refractivity contribution in [1.29, 1.82) is 0 Å². The van der Waals surface area contributed by atoms with Crippen molar-refractivity contribution in [1.82, 2.24) is 10.3 Å². The lowest BCUT2D eigenvalue weighted by Gasteiger charge is -2.12. The van der Waals surface area contributed by atoms with E-state index in [1.165, 1.54) is 11.8 Å². The summed E-state index contributed by atoms with van der Waals surface area (Å²) >= 11 is 3.04. The van der Waals surface area contributed by atoms with Crippen molar-refractivity contribution < 1.29 is 14.3 Å². The van der Waals surface area contributed by atoms with Gasteiger partial charge in [-0.1, -0.05) is 17.8 Å². The average molecular weight is 381 g/mol. The van der Waals surface area contributed by atoms with E-state index in [0.29, 0.717) is 25.5 Å². The molecule has 2 aromatic rings. The number of carbonyl (C=O) groups is 1. The van der Waals surface area contributed by atoms with Gasteiger partial charge in [0.2, 0.25) is 5.91 Å². The Morgan fingerprint density at radius 2 is 2.00 bits per heavy atom. The highest BCUT2D eigenvalue weighted by Crippen LogP contribution is 2.28. The van der Waals surface area contributed by atoms with Crippen LogP contribution in [0.15, 0.2) is 27.9 Å². The minimum atomic E-state index is 0.0221. The number of nitrogens with one attached hydrogen (secondary N) is 1. The summed E-state index contributed by atoms with van der Waals surface area (Å²) in [5.41, 5.74) is 2.10. The van der Waals surface area contributed by atoms with Crippen molar-refractivity contribution >= 4 is 29.0 Å². The third-order valence-electron chi connectivity index (χ3n) is 3.27. The first-order valence-corrected chi connectivity index (χ1v) is 10.2. The van der Waals surface area contributed by atoms with Crippen LogP contribution >= 0.6 is 23.1 Å². The van der Waals surface area contributed by atoms with Crippen LogP contribution in [0.2, 0.25) is 0 Å². The molecule has 0 atom stereocenters. The Morgan fingerprint density at radius 3 is 2.68 bits per heavy atom. The number of carbonyl (C=O) groups excluding carboxylic acids is 1. The van der Waals surface area contributed by atoms with Crippen molar-refractivity contribution in [3.05, 3.63) is 34.8 Å². The minimum absolute atomic E-state index is 0.0221. The van der Waals surface area contributed by atoms with Crippen molar-refractivity contribution in [3.8, 4) is 11.5 Å². The molecule has 2 rings (SSSR count). The first-order valence-electron chi connectivity index (χ1n) is 8.32. The normalized spacial score (nSPS) is 10.5. The van der Waals surface area contributed by atoms with Gasteiger partial charge >= 0.3 is 0 Å². The summed E-state index contributed by atoms with van der Waals surface area (Å²) in [5.74, 6) is 1.92. The number of aryl methyl sites for hydroxylation is 1. The van der Waals surface area contributed by atoms with Gasteiger partial charge in [0.15, 0.2) is 15.8 Å². The molecule has 25 heavy (non-hydrogen) atoms. The predicted molar refractivity (Wildman–Crippen MR) is 103 cm³/mol. The van der Waals surface area contributed by atoms with Gasteiger partial charge in [-0.15, -0.1) is 11.3 Å². The molecule has 0 aliphatic carbocycles. The van der Waals surface area contributed by atoms with Gasteiger partial charge in [-0.05, 0) is 44.9 Å². The maximum atomic E-state index is 11.9. The maximum absolute atomic E-state index is 11.9. The van der Waals surface area contributed by atoms with E-state index in [0.717, 1.165) is 33.5 Å². The average Bonchev–Trinajstić information content (AvgIpc) is 3.01. The third-order valence-corrected chi connectivity index (χ3v) is 5.41. The highest BCUT2D eigenvalue weighted by Gasteiger charge is 2.08. The van der Waals surface area contributed by atoms with E-state index in [9.17, 15) is 4.79 Å². The second-order valence-corrected chi connectivity index (χ2v) is 7.37. The summed E-state index contributed by atoms with van der Waals surface area (Å²) in [6, 6.07) is 5.91. The van der Waals surface area contributed by atoms with E-state index < -0.39 is 0 Å². The molecule has 0 aliphatic heterocycles. The van der Waals surface area contributed by atoms with Crippen LogP contribution in [0, 0.1) is 6.92 Å². The monoisotopic (exact) mass is 380 g/mol. The van der Waals surface area contributed by atoms with Crippen LogP contribution in [0.25, 0.3) is 0 Å². The Bertz CT molecular complexity index is 689. The Balaban J connectivity index is 1.78. The number of ether oxygens (including phenoxy) is 2. The number of amides is 1. The Morgan fingerprint density at radius 1 is 1.24 bits per heavy atom. The van der Waals surface area contributed by atoms with Gasteiger partial charge in [-0.2, -0.15) is 0 Å². The molecule has 0 unspecified atom stereocenters. The Kier molecular flexibility index (Phi) is 8.08. The fourth-order valence-electron chi connectivity index (χ4n) is 2.17. The van der Waals surface area contributed by atoms with Crippen molar-refractivity contribution in [2.24, 2.45) is 0 Å². The third kappa shape index (κ3) is 6.59. The summed E-state index contributed by atoms with van der Waals surface area (Å²) < 4.78 is 12.1. The van der Waals surface area contributed by atoms with Crippen molar-refractivity contribution in [3.63, 3.8) is 0 Å². The summed E-state index contributed by atoms with van der Waals surface area (Å²) in [6.07, 6.45) is 0.749. The predicted octanol–water partition coefficient (Wildman–Crippen LogP) is 3.70. The second kappa shape index (κ2) is 10.3. The lowest BCUT2D eigenvalue weighted by Crippen LogP contribution is -2.27. The van der Waals surface area contributed by atoms with Gasteiger partial charge in [0.1, 0.15) is 0 Å². The highest BCUT2D eigenvalue weighted by atomic mass is 32.2. The fourth-order valence-corrected chi connectivity index (χ4v) is 3.85. The number of nitrogens with zero attached hydrogens (tertiary/aromatic N) is 1. The fraction of sp³-hybridized carbons (Fsp3) is 0.444. The first kappa shape index (κ1) is 19.6. The van der Waals surface area contributed by atoms with E-state index in [2.05, 4.69) is 10.3 Å². The molecule has 136 valence electrons. The molecule has 0 saturated heterocycles. The van der Waals surface area contributed by atoms with Crippen LogP contribution in [0.5, 0.6) is 11.5 Å². The van der Waals surface area contributed by atoms with Gasteiger partial charge in [0, 0.05) is 17.6 Å². The maximum Gasteiger partial charge on any atom is 0.230 e. The van der Waals surface area contributed by atoms with Crippen molar-refractivity contribution in [2.45, 2.75) is 31.5 Å². The molecular weight excluding hydrogens is 356 g/mol. The molecule has 0 fully saturated rings. The largest absolute Gasteiger partial charge is 0.490 e. The lowest BCUT2D eigenvalue weighted by atomic mass is 10.1. The van der Waals surface area contributed by atoms with E-state index >= 15 is 0 Å². The smallest absolute Gasteiger partial charge is 0.230 e. The molecule has 0 bridgehead atoms. The van der Waals surface area contributed by atoms with Gasteiger partial charge < -0.3 is 14.8 Å². The zero-order valence-corrected chi connectivity index (χ0v) is 16.5. The van der Waals surface area contributed by atoms with Crippen LogP contribution in [-0.4, -0.2) is 36.4 Å². The number of rotatable bonds is 10. The minimum Gasteiger partial charge on any atom is -0.490 e. The molecule has 1 N–H and O–H groups in total. The molecule has 1 amide bonds. The standard InChI is InChI=1S/C18H24N2O3S2/c1-4-22-15-7-6-14(10-16(15)23-5-2)8-9-19-17(21)12-25-18-20-13(3)11-24-18/h6-7,10-11H,4-5,8-9,12H2,1-3H3,(H,19,21). The van der Waals surface area contributed by atoms with Crippen LogP contribution in [0.1, 0.15) is 25.1 Å². The molecule has 1 heterocycles. The number of thioether (sulfide) groups is 1. The van der Waals surface area contributed by atoms with E-state index in [4.69, 9.17) is 9.47 Å². The van der Waals surface area contributed by atoms with Crippen LogP contribution in [0.3, 0.4) is 0 Å². The number of hydrogen-bond acceptors (Lipinski definition) is 6. The number of aromatic nitrogens is 1. The quantitative estimate of drug-likeness (QED) is 0.637. The van der Waals surface area contributed by atoms with Crippen LogP contribution in [0.4, 0.5) is 0 Å². The molecule has 1 aromatic carbocycles.